The van der Waals surface area contributed by atoms with Crippen molar-refractivity contribution in [3.8, 4) is 0 Å². The van der Waals surface area contributed by atoms with E-state index in [0.717, 1.165) is 17.8 Å². The van der Waals surface area contributed by atoms with Gasteiger partial charge in [-0.3, -0.25) is 4.98 Å². The van der Waals surface area contributed by atoms with Crippen molar-refractivity contribution >= 4 is 10.9 Å². The maximum absolute atomic E-state index is 4.54. The van der Waals surface area contributed by atoms with E-state index in [1.807, 2.05) is 19.1 Å². The SMILES string of the molecule is C=CC(C)NCc1cc(C)nc2ccccc12. The van der Waals surface area contributed by atoms with Crippen molar-refractivity contribution in [2.24, 2.45) is 0 Å². The summed E-state index contributed by atoms with van der Waals surface area (Å²) in [5, 5.41) is 4.65. The largest absolute Gasteiger partial charge is 0.307 e. The van der Waals surface area contributed by atoms with Gasteiger partial charge in [0.2, 0.25) is 0 Å². The van der Waals surface area contributed by atoms with Crippen molar-refractivity contribution in [1.29, 1.82) is 0 Å². The summed E-state index contributed by atoms with van der Waals surface area (Å²) in [7, 11) is 0. The number of para-hydroxylation sites is 1. The highest BCUT2D eigenvalue weighted by Gasteiger charge is 2.04. The van der Waals surface area contributed by atoms with Gasteiger partial charge in [-0.2, -0.15) is 0 Å². The summed E-state index contributed by atoms with van der Waals surface area (Å²) in [5.74, 6) is 0. The molecule has 2 nitrogen and oxygen atoms in total. The Morgan fingerprint density at radius 1 is 1.41 bits per heavy atom. The smallest absolute Gasteiger partial charge is 0.0708 e. The molecule has 88 valence electrons. The molecule has 2 heteroatoms. The van der Waals surface area contributed by atoms with Crippen LogP contribution in [0.25, 0.3) is 10.9 Å². The summed E-state index contributed by atoms with van der Waals surface area (Å²) < 4.78 is 0. The van der Waals surface area contributed by atoms with Crippen LogP contribution in [-0.2, 0) is 6.54 Å². The van der Waals surface area contributed by atoms with Crippen LogP contribution in [0.3, 0.4) is 0 Å². The van der Waals surface area contributed by atoms with Gasteiger partial charge in [0.05, 0.1) is 5.52 Å². The molecule has 1 aromatic carbocycles. The van der Waals surface area contributed by atoms with Crippen molar-refractivity contribution in [2.75, 3.05) is 0 Å². The number of aryl methyl sites for hydroxylation is 1. The van der Waals surface area contributed by atoms with Crippen LogP contribution in [0.2, 0.25) is 0 Å². The molecule has 2 aromatic rings. The van der Waals surface area contributed by atoms with Crippen molar-refractivity contribution in [2.45, 2.75) is 26.4 Å². The Bertz CT molecular complexity index is 531. The van der Waals surface area contributed by atoms with E-state index in [0.29, 0.717) is 6.04 Å². The number of pyridine rings is 1. The average Bonchev–Trinajstić information content (AvgIpc) is 2.35. The predicted molar refractivity (Wildman–Crippen MR) is 73.0 cm³/mol. The fourth-order valence-corrected chi connectivity index (χ4v) is 1.90. The fourth-order valence-electron chi connectivity index (χ4n) is 1.90. The minimum atomic E-state index is 0.322. The third kappa shape index (κ3) is 2.71. The van der Waals surface area contributed by atoms with Crippen molar-refractivity contribution in [3.63, 3.8) is 0 Å². The maximum Gasteiger partial charge on any atom is 0.0708 e. The summed E-state index contributed by atoms with van der Waals surface area (Å²) in [6, 6.07) is 10.7. The minimum absolute atomic E-state index is 0.322. The number of nitrogens with one attached hydrogen (secondary N) is 1. The Kier molecular flexibility index (Phi) is 3.55. The molecule has 1 atom stereocenters. The zero-order valence-electron chi connectivity index (χ0n) is 10.4. The Balaban J connectivity index is 2.35. The first-order chi connectivity index (χ1) is 8.20. The third-order valence-corrected chi connectivity index (χ3v) is 2.90. The quantitative estimate of drug-likeness (QED) is 0.810. The van der Waals surface area contributed by atoms with Crippen LogP contribution in [0.5, 0.6) is 0 Å². The zero-order chi connectivity index (χ0) is 12.3. The number of hydrogen-bond donors (Lipinski definition) is 1. The standard InChI is InChI=1S/C15H18N2/c1-4-11(2)16-10-13-9-12(3)17-15-8-6-5-7-14(13)15/h4-9,11,16H,1,10H2,2-3H3. The van der Waals surface area contributed by atoms with Crippen LogP contribution in [0.15, 0.2) is 43.0 Å². The van der Waals surface area contributed by atoms with Gasteiger partial charge in [0, 0.05) is 23.7 Å². The van der Waals surface area contributed by atoms with Crippen LogP contribution < -0.4 is 5.32 Å². The molecule has 0 spiro atoms. The Morgan fingerprint density at radius 3 is 2.94 bits per heavy atom. The monoisotopic (exact) mass is 226 g/mol. The highest BCUT2D eigenvalue weighted by atomic mass is 14.9. The summed E-state index contributed by atoms with van der Waals surface area (Å²) in [6.45, 7) is 8.76. The molecular formula is C15H18N2. The third-order valence-electron chi connectivity index (χ3n) is 2.90. The highest BCUT2D eigenvalue weighted by Crippen LogP contribution is 2.18. The van der Waals surface area contributed by atoms with E-state index >= 15 is 0 Å². The van der Waals surface area contributed by atoms with Gasteiger partial charge < -0.3 is 5.32 Å². The lowest BCUT2D eigenvalue weighted by Gasteiger charge is -2.11. The summed E-state index contributed by atoms with van der Waals surface area (Å²) >= 11 is 0. The molecule has 0 saturated carbocycles. The molecule has 0 fully saturated rings. The van der Waals surface area contributed by atoms with Crippen molar-refractivity contribution < 1.29 is 0 Å². The van der Waals surface area contributed by atoms with E-state index < -0.39 is 0 Å². The topological polar surface area (TPSA) is 24.9 Å². The van der Waals surface area contributed by atoms with Crippen LogP contribution >= 0.6 is 0 Å². The molecule has 0 aliphatic rings. The summed E-state index contributed by atoms with van der Waals surface area (Å²) in [4.78, 5) is 4.54. The lowest BCUT2D eigenvalue weighted by Crippen LogP contribution is -2.23. The lowest BCUT2D eigenvalue weighted by atomic mass is 10.1. The van der Waals surface area contributed by atoms with Gasteiger partial charge in [0.15, 0.2) is 0 Å². The van der Waals surface area contributed by atoms with E-state index in [1.165, 1.54) is 10.9 Å². The van der Waals surface area contributed by atoms with Gasteiger partial charge in [-0.25, -0.2) is 0 Å². The second-order valence-electron chi connectivity index (χ2n) is 4.35. The fraction of sp³-hybridized carbons (Fsp3) is 0.267. The predicted octanol–water partition coefficient (Wildman–Crippen LogP) is 3.21. The van der Waals surface area contributed by atoms with Gasteiger partial charge in [-0.05, 0) is 31.5 Å². The molecule has 1 heterocycles. The van der Waals surface area contributed by atoms with Crippen LogP contribution in [-0.4, -0.2) is 11.0 Å². The molecular weight excluding hydrogens is 208 g/mol. The van der Waals surface area contributed by atoms with Gasteiger partial charge in [0.25, 0.3) is 0 Å². The summed E-state index contributed by atoms with van der Waals surface area (Å²) in [5.41, 5.74) is 3.42. The lowest BCUT2D eigenvalue weighted by molar-refractivity contribution is 0.636. The molecule has 1 aromatic heterocycles. The first-order valence-electron chi connectivity index (χ1n) is 5.92. The number of hydrogen-bond acceptors (Lipinski definition) is 2. The van der Waals surface area contributed by atoms with Gasteiger partial charge in [-0.15, -0.1) is 6.58 Å². The Hall–Kier alpha value is -1.67. The van der Waals surface area contributed by atoms with Gasteiger partial charge in [-0.1, -0.05) is 24.3 Å². The molecule has 0 aliphatic carbocycles. The molecule has 0 bridgehead atoms. The first kappa shape index (κ1) is 11.8. The van der Waals surface area contributed by atoms with E-state index in [1.54, 1.807) is 0 Å². The van der Waals surface area contributed by atoms with E-state index in [4.69, 9.17) is 0 Å². The zero-order valence-corrected chi connectivity index (χ0v) is 10.4. The van der Waals surface area contributed by atoms with E-state index in [9.17, 15) is 0 Å². The number of benzene rings is 1. The first-order valence-corrected chi connectivity index (χ1v) is 5.92. The normalized spacial score (nSPS) is 12.6. The number of aromatic nitrogens is 1. The van der Waals surface area contributed by atoms with E-state index in [-0.39, 0.29) is 0 Å². The molecule has 0 saturated heterocycles. The number of nitrogens with zero attached hydrogens (tertiary/aromatic N) is 1. The van der Waals surface area contributed by atoms with Crippen LogP contribution in [0.1, 0.15) is 18.2 Å². The summed E-state index contributed by atoms with van der Waals surface area (Å²) in [6.07, 6.45) is 1.91. The highest BCUT2D eigenvalue weighted by molar-refractivity contribution is 5.82. The maximum atomic E-state index is 4.54. The minimum Gasteiger partial charge on any atom is -0.307 e. The van der Waals surface area contributed by atoms with Crippen LogP contribution in [0, 0.1) is 6.92 Å². The van der Waals surface area contributed by atoms with Gasteiger partial charge >= 0.3 is 0 Å². The van der Waals surface area contributed by atoms with Crippen molar-refractivity contribution in [3.05, 3.63) is 54.2 Å². The Morgan fingerprint density at radius 2 is 2.18 bits per heavy atom. The van der Waals surface area contributed by atoms with Crippen LogP contribution in [0.4, 0.5) is 0 Å². The molecule has 0 amide bonds. The molecule has 1 N–H and O–H groups in total. The molecule has 17 heavy (non-hydrogen) atoms. The molecule has 0 radical (unpaired) electrons. The second-order valence-corrected chi connectivity index (χ2v) is 4.35. The van der Waals surface area contributed by atoms with Gasteiger partial charge in [0.1, 0.15) is 0 Å². The Labute approximate surface area is 102 Å². The molecule has 1 unspecified atom stereocenters. The van der Waals surface area contributed by atoms with E-state index in [2.05, 4.69) is 48.1 Å². The number of fused-ring (bicyclic) bond motifs is 1. The average molecular weight is 226 g/mol. The second kappa shape index (κ2) is 5.11. The number of rotatable bonds is 4. The molecule has 0 aliphatic heterocycles. The van der Waals surface area contributed by atoms with Crippen molar-refractivity contribution in [1.82, 2.24) is 10.3 Å². The molecule has 2 rings (SSSR count).